The van der Waals surface area contributed by atoms with Crippen LogP contribution in [0, 0.1) is 0 Å². The van der Waals surface area contributed by atoms with Crippen molar-refractivity contribution in [3.8, 4) is 0 Å². The van der Waals surface area contributed by atoms with Crippen LogP contribution in [-0.4, -0.2) is 65.4 Å². The van der Waals surface area contributed by atoms with E-state index in [1.54, 1.807) is 0 Å². The lowest BCUT2D eigenvalue weighted by Crippen LogP contribution is -2.54. The van der Waals surface area contributed by atoms with E-state index in [0.29, 0.717) is 0 Å². The van der Waals surface area contributed by atoms with Crippen molar-refractivity contribution < 1.29 is 0 Å². The lowest BCUT2D eigenvalue weighted by atomic mass is 10.2. The Bertz CT molecular complexity index is 307. The van der Waals surface area contributed by atoms with Gasteiger partial charge in [-0.05, 0) is 12.8 Å². The Kier molecular flexibility index (Phi) is 5.91. The summed E-state index contributed by atoms with van der Waals surface area (Å²) in [6, 6.07) is 0. The predicted octanol–water partition coefficient (Wildman–Crippen LogP) is 1.89. The number of unbranched alkanes of at least 4 members (excludes halogenated alkanes) is 1. The minimum absolute atomic E-state index is 1.08. The van der Waals surface area contributed by atoms with Gasteiger partial charge in [-0.3, -0.25) is 0 Å². The van der Waals surface area contributed by atoms with Crippen molar-refractivity contribution in [3.05, 3.63) is 11.6 Å². The highest BCUT2D eigenvalue weighted by Gasteiger charge is 2.29. The Morgan fingerprint density at radius 2 is 1.84 bits per heavy atom. The molecule has 0 amide bonds. The first-order valence-corrected chi connectivity index (χ1v) is 9.05. The SMILES string of the molecule is CCCCN1CCNC2=C1N(CCCI)CCN2C. The normalized spacial score (nSPS) is 19.6. The molecule has 2 rings (SSSR count). The summed E-state index contributed by atoms with van der Waals surface area (Å²) in [7, 11) is 2.21. The van der Waals surface area contributed by atoms with Gasteiger partial charge in [0, 0.05) is 50.7 Å². The summed E-state index contributed by atoms with van der Waals surface area (Å²) in [5.74, 6) is 2.81. The Morgan fingerprint density at radius 3 is 2.58 bits per heavy atom. The van der Waals surface area contributed by atoms with Gasteiger partial charge in [0.25, 0.3) is 0 Å². The number of hydrogen-bond donors (Lipinski definition) is 1. The standard InChI is InChI=1S/C14H27IN4/c1-3-4-8-18-10-7-16-13-14(18)19(9-5-6-15)12-11-17(13)2/h16H,3-12H2,1-2H3. The molecule has 0 unspecified atom stereocenters. The van der Waals surface area contributed by atoms with Crippen LogP contribution in [0.3, 0.4) is 0 Å². The summed E-state index contributed by atoms with van der Waals surface area (Å²) in [5, 5.41) is 3.60. The van der Waals surface area contributed by atoms with Crippen molar-refractivity contribution in [1.29, 1.82) is 0 Å². The zero-order chi connectivity index (χ0) is 13.7. The first-order valence-electron chi connectivity index (χ1n) is 7.53. The second-order valence-electron chi connectivity index (χ2n) is 5.39. The number of nitrogens with zero attached hydrogens (tertiary/aromatic N) is 3. The highest BCUT2D eigenvalue weighted by atomic mass is 127. The minimum atomic E-state index is 1.08. The van der Waals surface area contributed by atoms with Crippen LogP contribution in [0.4, 0.5) is 0 Å². The molecule has 2 aliphatic rings. The lowest BCUT2D eigenvalue weighted by Gasteiger charge is -2.46. The molecule has 1 N–H and O–H groups in total. The first-order chi connectivity index (χ1) is 9.27. The van der Waals surface area contributed by atoms with Crippen LogP contribution >= 0.6 is 22.6 Å². The molecule has 0 aliphatic carbocycles. The van der Waals surface area contributed by atoms with Crippen molar-refractivity contribution >= 4 is 22.6 Å². The van der Waals surface area contributed by atoms with E-state index in [0.717, 1.165) is 26.2 Å². The molecule has 0 aromatic carbocycles. The Morgan fingerprint density at radius 1 is 1.11 bits per heavy atom. The number of halogens is 1. The first kappa shape index (κ1) is 15.1. The lowest BCUT2D eigenvalue weighted by molar-refractivity contribution is 0.129. The minimum Gasteiger partial charge on any atom is -0.367 e. The van der Waals surface area contributed by atoms with Crippen molar-refractivity contribution in [3.63, 3.8) is 0 Å². The second-order valence-corrected chi connectivity index (χ2v) is 6.47. The molecule has 110 valence electrons. The smallest absolute Gasteiger partial charge is 0.146 e. The summed E-state index contributed by atoms with van der Waals surface area (Å²) < 4.78 is 1.25. The highest BCUT2D eigenvalue weighted by molar-refractivity contribution is 14.1. The summed E-state index contributed by atoms with van der Waals surface area (Å²) in [6.45, 7) is 9.19. The molecule has 0 atom stereocenters. The molecule has 2 aliphatic heterocycles. The molecule has 0 fully saturated rings. The summed E-state index contributed by atoms with van der Waals surface area (Å²) in [6.07, 6.45) is 3.85. The van der Waals surface area contributed by atoms with E-state index >= 15 is 0 Å². The molecule has 0 saturated heterocycles. The van der Waals surface area contributed by atoms with Crippen molar-refractivity contribution in [2.24, 2.45) is 0 Å². The van der Waals surface area contributed by atoms with E-state index in [4.69, 9.17) is 0 Å². The third kappa shape index (κ3) is 3.61. The van der Waals surface area contributed by atoms with Crippen LogP contribution < -0.4 is 5.32 Å². The third-order valence-electron chi connectivity index (χ3n) is 3.92. The molecule has 0 saturated carbocycles. The van der Waals surface area contributed by atoms with Crippen LogP contribution in [0.2, 0.25) is 0 Å². The van der Waals surface area contributed by atoms with Gasteiger partial charge in [-0.25, -0.2) is 0 Å². The monoisotopic (exact) mass is 378 g/mol. The van der Waals surface area contributed by atoms with Crippen molar-refractivity contribution in [1.82, 2.24) is 20.0 Å². The molecular weight excluding hydrogens is 351 g/mol. The fourth-order valence-electron chi connectivity index (χ4n) is 2.82. The van der Waals surface area contributed by atoms with Crippen molar-refractivity contribution in [2.45, 2.75) is 26.2 Å². The van der Waals surface area contributed by atoms with Crippen LogP contribution in [0.1, 0.15) is 26.2 Å². The average Bonchev–Trinajstić information content (AvgIpc) is 2.44. The van der Waals surface area contributed by atoms with Crippen LogP contribution in [0.25, 0.3) is 0 Å². The van der Waals surface area contributed by atoms with Crippen LogP contribution in [0.5, 0.6) is 0 Å². The Hall–Kier alpha value is -0.330. The van der Waals surface area contributed by atoms with E-state index in [2.05, 4.69) is 56.6 Å². The fourth-order valence-corrected chi connectivity index (χ4v) is 3.16. The van der Waals surface area contributed by atoms with Gasteiger partial charge in [-0.15, -0.1) is 0 Å². The van der Waals surface area contributed by atoms with Crippen LogP contribution in [0.15, 0.2) is 11.6 Å². The fraction of sp³-hybridized carbons (Fsp3) is 0.857. The zero-order valence-corrected chi connectivity index (χ0v) is 14.4. The van der Waals surface area contributed by atoms with E-state index < -0.39 is 0 Å². The number of rotatable bonds is 6. The predicted molar refractivity (Wildman–Crippen MR) is 89.2 cm³/mol. The maximum Gasteiger partial charge on any atom is 0.146 e. The Labute approximate surface area is 131 Å². The van der Waals surface area contributed by atoms with Gasteiger partial charge < -0.3 is 20.0 Å². The average molecular weight is 378 g/mol. The van der Waals surface area contributed by atoms with E-state index in [9.17, 15) is 0 Å². The van der Waals surface area contributed by atoms with Gasteiger partial charge in [0.1, 0.15) is 11.6 Å². The largest absolute Gasteiger partial charge is 0.367 e. The number of alkyl halides is 1. The van der Waals surface area contributed by atoms with Gasteiger partial charge >= 0.3 is 0 Å². The molecular formula is C14H27IN4. The van der Waals surface area contributed by atoms with Crippen molar-refractivity contribution in [2.75, 3.05) is 50.7 Å². The number of hydrogen-bond acceptors (Lipinski definition) is 4. The van der Waals surface area contributed by atoms with Gasteiger partial charge in [-0.2, -0.15) is 0 Å². The molecule has 0 spiro atoms. The topological polar surface area (TPSA) is 21.8 Å². The quantitative estimate of drug-likeness (QED) is 0.563. The Balaban J connectivity index is 2.15. The molecule has 5 heteroatoms. The van der Waals surface area contributed by atoms with E-state index in [-0.39, 0.29) is 0 Å². The maximum absolute atomic E-state index is 3.60. The van der Waals surface area contributed by atoms with Gasteiger partial charge in [-0.1, -0.05) is 35.9 Å². The molecule has 2 heterocycles. The molecule has 0 radical (unpaired) electrons. The third-order valence-corrected chi connectivity index (χ3v) is 4.68. The maximum atomic E-state index is 3.60. The molecule has 4 nitrogen and oxygen atoms in total. The summed E-state index contributed by atoms with van der Waals surface area (Å²) in [5.41, 5.74) is 0. The number of nitrogens with one attached hydrogen (secondary N) is 1. The van der Waals surface area contributed by atoms with Crippen LogP contribution in [-0.2, 0) is 0 Å². The second kappa shape index (κ2) is 7.45. The van der Waals surface area contributed by atoms with Gasteiger partial charge in [0.15, 0.2) is 0 Å². The summed E-state index contributed by atoms with van der Waals surface area (Å²) in [4.78, 5) is 7.57. The summed E-state index contributed by atoms with van der Waals surface area (Å²) >= 11 is 2.48. The van der Waals surface area contributed by atoms with E-state index in [1.165, 1.54) is 48.4 Å². The molecule has 0 bridgehead atoms. The zero-order valence-electron chi connectivity index (χ0n) is 12.3. The highest BCUT2D eigenvalue weighted by Crippen LogP contribution is 2.24. The molecule has 0 aromatic heterocycles. The number of likely N-dealkylation sites (N-methyl/N-ethyl adjacent to an activating group) is 1. The van der Waals surface area contributed by atoms with Gasteiger partial charge in [0.2, 0.25) is 0 Å². The van der Waals surface area contributed by atoms with E-state index in [1.807, 2.05) is 0 Å². The van der Waals surface area contributed by atoms with Gasteiger partial charge in [0.05, 0.1) is 0 Å². The molecule has 19 heavy (non-hydrogen) atoms. The molecule has 0 aromatic rings.